The highest BCUT2D eigenvalue weighted by atomic mass is 16.2. The Hall–Kier alpha value is -2.62. The first-order chi connectivity index (χ1) is 9.75. The fourth-order valence-electron chi connectivity index (χ4n) is 2.26. The van der Waals surface area contributed by atoms with E-state index in [1.807, 2.05) is 65.3 Å². The van der Waals surface area contributed by atoms with Gasteiger partial charge >= 0.3 is 0 Å². The van der Waals surface area contributed by atoms with E-state index in [1.165, 1.54) is 0 Å². The zero-order valence-corrected chi connectivity index (χ0v) is 11.2. The number of carbonyl (C=O) groups excluding carboxylic acids is 1. The number of pyridine rings is 1. The van der Waals surface area contributed by atoms with Gasteiger partial charge in [-0.05, 0) is 24.3 Å². The van der Waals surface area contributed by atoms with Crippen molar-refractivity contribution in [2.75, 3.05) is 4.90 Å². The summed E-state index contributed by atoms with van der Waals surface area (Å²) in [7, 11) is 0. The van der Waals surface area contributed by atoms with Crippen molar-refractivity contribution in [3.63, 3.8) is 0 Å². The van der Waals surface area contributed by atoms with Gasteiger partial charge in [0.15, 0.2) is 0 Å². The zero-order valence-electron chi connectivity index (χ0n) is 11.2. The number of amides is 1. The van der Waals surface area contributed by atoms with Crippen molar-refractivity contribution in [3.05, 3.63) is 66.6 Å². The Morgan fingerprint density at radius 1 is 1.15 bits per heavy atom. The molecule has 0 bridgehead atoms. The third-order valence-corrected chi connectivity index (χ3v) is 3.26. The van der Waals surface area contributed by atoms with Gasteiger partial charge in [-0.15, -0.1) is 0 Å². The highest BCUT2D eigenvalue weighted by Gasteiger charge is 2.14. The van der Waals surface area contributed by atoms with Crippen LogP contribution in [0.15, 0.2) is 60.9 Å². The molecule has 3 rings (SSSR count). The molecule has 3 aromatic rings. The second-order valence-corrected chi connectivity index (χ2v) is 4.62. The largest absolute Gasteiger partial charge is 0.307 e. The van der Waals surface area contributed by atoms with Gasteiger partial charge in [-0.2, -0.15) is 0 Å². The number of hydrogen-bond acceptors (Lipinski definition) is 2. The number of rotatable bonds is 3. The van der Waals surface area contributed by atoms with Crippen LogP contribution in [-0.4, -0.2) is 15.3 Å². The summed E-state index contributed by atoms with van der Waals surface area (Å²) in [6.07, 6.45) is 3.77. The predicted octanol–water partition coefficient (Wildman–Crippen LogP) is 2.89. The topological polar surface area (TPSA) is 37.6 Å². The van der Waals surface area contributed by atoms with Crippen molar-refractivity contribution in [3.8, 4) is 0 Å². The van der Waals surface area contributed by atoms with Crippen LogP contribution in [0.4, 0.5) is 5.69 Å². The molecule has 0 spiro atoms. The molecular formula is C16H15N3O. The molecule has 0 saturated heterocycles. The number of para-hydroxylation sites is 1. The quantitative estimate of drug-likeness (QED) is 0.730. The molecule has 1 amide bonds. The van der Waals surface area contributed by atoms with Gasteiger partial charge in [0.05, 0.1) is 18.4 Å². The molecule has 0 radical (unpaired) electrons. The van der Waals surface area contributed by atoms with E-state index >= 15 is 0 Å². The maximum absolute atomic E-state index is 11.9. The Bertz CT molecular complexity index is 734. The molecule has 0 unspecified atom stereocenters. The van der Waals surface area contributed by atoms with Gasteiger partial charge in [0.2, 0.25) is 5.91 Å². The van der Waals surface area contributed by atoms with E-state index in [0.717, 1.165) is 17.0 Å². The van der Waals surface area contributed by atoms with Crippen molar-refractivity contribution >= 4 is 17.2 Å². The summed E-state index contributed by atoms with van der Waals surface area (Å²) >= 11 is 0. The highest BCUT2D eigenvalue weighted by Crippen LogP contribution is 2.17. The average molecular weight is 265 g/mol. The normalized spacial score (nSPS) is 10.7. The minimum Gasteiger partial charge on any atom is -0.307 e. The van der Waals surface area contributed by atoms with Crippen LogP contribution in [0.3, 0.4) is 0 Å². The lowest BCUT2D eigenvalue weighted by atomic mass is 10.2. The van der Waals surface area contributed by atoms with E-state index in [1.54, 1.807) is 11.8 Å². The molecule has 100 valence electrons. The van der Waals surface area contributed by atoms with Crippen LogP contribution in [0.5, 0.6) is 0 Å². The van der Waals surface area contributed by atoms with E-state index in [0.29, 0.717) is 6.54 Å². The smallest absolute Gasteiger partial charge is 0.224 e. The third kappa shape index (κ3) is 2.28. The monoisotopic (exact) mass is 265 g/mol. The third-order valence-electron chi connectivity index (χ3n) is 3.26. The van der Waals surface area contributed by atoms with Crippen molar-refractivity contribution < 1.29 is 4.79 Å². The van der Waals surface area contributed by atoms with Crippen LogP contribution in [0, 0.1) is 0 Å². The molecule has 20 heavy (non-hydrogen) atoms. The zero-order chi connectivity index (χ0) is 13.9. The number of benzene rings is 1. The number of hydrogen-bond donors (Lipinski definition) is 0. The molecule has 2 heterocycles. The lowest BCUT2D eigenvalue weighted by Crippen LogP contribution is -2.28. The lowest BCUT2D eigenvalue weighted by Gasteiger charge is -2.20. The van der Waals surface area contributed by atoms with Crippen molar-refractivity contribution in [1.29, 1.82) is 0 Å². The summed E-state index contributed by atoms with van der Waals surface area (Å²) in [6, 6.07) is 15.5. The fourth-order valence-corrected chi connectivity index (χ4v) is 2.26. The van der Waals surface area contributed by atoms with E-state index in [-0.39, 0.29) is 5.91 Å². The molecule has 2 aromatic heterocycles. The number of aromatic nitrogens is 2. The number of imidazole rings is 1. The number of fused-ring (bicyclic) bond motifs is 1. The molecule has 0 aliphatic carbocycles. The fraction of sp³-hybridized carbons (Fsp3) is 0.125. The molecule has 0 saturated carbocycles. The maximum atomic E-state index is 11.9. The molecule has 0 aliphatic heterocycles. The van der Waals surface area contributed by atoms with Gasteiger partial charge in [-0.1, -0.05) is 24.3 Å². The summed E-state index contributed by atoms with van der Waals surface area (Å²) in [5, 5.41) is 0. The average Bonchev–Trinajstić information content (AvgIpc) is 2.88. The molecule has 0 N–H and O–H groups in total. The summed E-state index contributed by atoms with van der Waals surface area (Å²) < 4.78 is 2.00. The minimum absolute atomic E-state index is 0.0158. The molecule has 0 aliphatic rings. The number of carbonyl (C=O) groups is 1. The Morgan fingerprint density at radius 3 is 2.65 bits per heavy atom. The minimum atomic E-state index is 0.0158. The first-order valence-electron chi connectivity index (χ1n) is 6.50. The van der Waals surface area contributed by atoms with E-state index < -0.39 is 0 Å². The number of nitrogens with zero attached hydrogens (tertiary/aromatic N) is 3. The molecule has 1 aromatic carbocycles. The summed E-state index contributed by atoms with van der Waals surface area (Å²) in [5.41, 5.74) is 2.77. The second kappa shape index (κ2) is 5.17. The predicted molar refractivity (Wildman–Crippen MR) is 78.5 cm³/mol. The molecule has 0 atom stereocenters. The molecule has 4 heteroatoms. The molecule has 4 nitrogen and oxygen atoms in total. The van der Waals surface area contributed by atoms with Crippen LogP contribution >= 0.6 is 0 Å². The summed E-state index contributed by atoms with van der Waals surface area (Å²) in [5.74, 6) is 0.0158. The van der Waals surface area contributed by atoms with E-state index in [4.69, 9.17) is 0 Å². The van der Waals surface area contributed by atoms with Crippen LogP contribution in [0.2, 0.25) is 0 Å². The number of anilines is 1. The van der Waals surface area contributed by atoms with E-state index in [9.17, 15) is 4.79 Å². The Balaban J connectivity index is 1.97. The van der Waals surface area contributed by atoms with E-state index in [2.05, 4.69) is 4.98 Å². The Morgan fingerprint density at radius 2 is 1.90 bits per heavy atom. The van der Waals surface area contributed by atoms with Gasteiger partial charge in [-0.3, -0.25) is 4.79 Å². The van der Waals surface area contributed by atoms with Crippen molar-refractivity contribution in [1.82, 2.24) is 9.38 Å². The van der Waals surface area contributed by atoms with Crippen LogP contribution < -0.4 is 4.90 Å². The Kier molecular flexibility index (Phi) is 3.21. The van der Waals surface area contributed by atoms with Gasteiger partial charge in [-0.25, -0.2) is 4.98 Å². The maximum Gasteiger partial charge on any atom is 0.224 e. The van der Waals surface area contributed by atoms with Crippen LogP contribution in [0.25, 0.3) is 5.65 Å². The molecular weight excluding hydrogens is 250 g/mol. The van der Waals surface area contributed by atoms with Gasteiger partial charge in [0.1, 0.15) is 5.65 Å². The van der Waals surface area contributed by atoms with Crippen LogP contribution in [0.1, 0.15) is 12.6 Å². The van der Waals surface area contributed by atoms with Gasteiger partial charge in [0, 0.05) is 18.8 Å². The second-order valence-electron chi connectivity index (χ2n) is 4.62. The molecule has 0 fully saturated rings. The van der Waals surface area contributed by atoms with Crippen molar-refractivity contribution in [2.45, 2.75) is 13.5 Å². The van der Waals surface area contributed by atoms with Crippen LogP contribution in [-0.2, 0) is 11.3 Å². The van der Waals surface area contributed by atoms with Gasteiger partial charge in [0.25, 0.3) is 0 Å². The van der Waals surface area contributed by atoms with Gasteiger partial charge < -0.3 is 9.30 Å². The first kappa shape index (κ1) is 12.4. The standard InChI is InChI=1S/C16H15N3O/c1-13(20)19(14-7-3-2-4-8-14)12-15-11-17-16-9-5-6-10-18(15)16/h2-11H,12H2,1H3. The SMILES string of the molecule is CC(=O)N(Cc1cnc2ccccn12)c1ccccc1. The highest BCUT2D eigenvalue weighted by molar-refractivity contribution is 5.91. The summed E-state index contributed by atoms with van der Waals surface area (Å²) in [4.78, 5) is 18.0. The Labute approximate surface area is 117 Å². The summed E-state index contributed by atoms with van der Waals surface area (Å²) in [6.45, 7) is 2.08. The lowest BCUT2D eigenvalue weighted by molar-refractivity contribution is -0.116. The first-order valence-corrected chi connectivity index (χ1v) is 6.50. The van der Waals surface area contributed by atoms with Crippen molar-refractivity contribution in [2.24, 2.45) is 0 Å².